The average molecular weight is 298 g/mol. The Kier molecular flexibility index (Phi) is 8.08. The van der Waals surface area contributed by atoms with E-state index in [1.165, 1.54) is 0 Å². The lowest BCUT2D eigenvalue weighted by Crippen LogP contribution is -2.39. The van der Waals surface area contributed by atoms with Crippen molar-refractivity contribution in [1.82, 2.24) is 0 Å². The minimum Gasteiger partial charge on any atom is -0.464 e. The van der Waals surface area contributed by atoms with E-state index in [2.05, 4.69) is 0 Å². The predicted molar refractivity (Wildman–Crippen MR) is 77.6 cm³/mol. The zero-order chi connectivity index (χ0) is 15.7. The first-order valence-electron chi connectivity index (χ1n) is 7.39. The fourth-order valence-electron chi connectivity index (χ4n) is 1.79. The molecular weight excluding hydrogens is 275 g/mol. The van der Waals surface area contributed by atoms with Crippen LogP contribution in [-0.4, -0.2) is 44.5 Å². The van der Waals surface area contributed by atoms with Gasteiger partial charge in [-0.1, -0.05) is 26.0 Å². The number of hydrogen-bond acceptors (Lipinski definition) is 6. The quantitative estimate of drug-likeness (QED) is 0.386. The molecule has 1 aliphatic heterocycles. The number of esters is 2. The molecule has 0 aromatic carbocycles. The molecule has 0 unspecified atom stereocenters. The first kappa shape index (κ1) is 17.7. The van der Waals surface area contributed by atoms with Gasteiger partial charge < -0.3 is 18.8 Å². The minimum atomic E-state index is -1.06. The van der Waals surface area contributed by atoms with Crippen LogP contribution in [0.1, 0.15) is 33.6 Å². The van der Waals surface area contributed by atoms with Crippen LogP contribution in [0.3, 0.4) is 0 Å². The molecule has 7 heteroatoms. The lowest BCUT2D eigenvalue weighted by Gasteiger charge is -2.15. The number of hydrogen-bond donors (Lipinski definition) is 0. The molecule has 0 N–H and O–H groups in total. The lowest BCUT2D eigenvalue weighted by atomic mass is 9.85. The van der Waals surface area contributed by atoms with Crippen LogP contribution in [0.2, 0.25) is 6.32 Å². The Balaban J connectivity index is 2.68. The molecule has 1 aliphatic rings. The first-order chi connectivity index (χ1) is 10.1. The number of carbonyl (C=O) groups is 2. The molecule has 0 bridgehead atoms. The van der Waals surface area contributed by atoms with Crippen molar-refractivity contribution in [3.63, 3.8) is 0 Å². The number of ether oxygens (including phenoxy) is 2. The summed E-state index contributed by atoms with van der Waals surface area (Å²) in [6, 6.07) is 0. The van der Waals surface area contributed by atoms with Crippen LogP contribution in [-0.2, 0) is 28.4 Å². The van der Waals surface area contributed by atoms with Crippen LogP contribution >= 0.6 is 0 Å². The van der Waals surface area contributed by atoms with E-state index >= 15 is 0 Å². The molecule has 1 rings (SSSR count). The van der Waals surface area contributed by atoms with E-state index < -0.39 is 31.3 Å². The van der Waals surface area contributed by atoms with Gasteiger partial charge in [-0.2, -0.15) is 0 Å². The Morgan fingerprint density at radius 3 is 1.90 bits per heavy atom. The van der Waals surface area contributed by atoms with Gasteiger partial charge in [-0.3, -0.25) is 0 Å². The minimum absolute atomic E-state index is 0.287. The predicted octanol–water partition coefficient (Wildman–Crippen LogP) is 1.74. The molecule has 2 atom stereocenters. The molecule has 0 spiro atoms. The van der Waals surface area contributed by atoms with E-state index in [-0.39, 0.29) is 13.2 Å². The second-order valence-corrected chi connectivity index (χ2v) is 4.68. The molecule has 0 saturated carbocycles. The summed E-state index contributed by atoms with van der Waals surface area (Å²) in [5.41, 5.74) is 0. The Morgan fingerprint density at radius 2 is 1.52 bits per heavy atom. The van der Waals surface area contributed by atoms with E-state index in [1.54, 1.807) is 0 Å². The number of allylic oxidation sites excluding steroid dienone is 2. The molecule has 1 fully saturated rings. The van der Waals surface area contributed by atoms with E-state index in [0.717, 1.165) is 0 Å². The van der Waals surface area contributed by atoms with Crippen molar-refractivity contribution < 1.29 is 28.4 Å². The third kappa shape index (κ3) is 5.51. The van der Waals surface area contributed by atoms with E-state index in [1.807, 2.05) is 32.9 Å². The summed E-state index contributed by atoms with van der Waals surface area (Å²) in [5, 5.41) is 0. The lowest BCUT2D eigenvalue weighted by molar-refractivity contribution is -0.163. The molecule has 1 saturated heterocycles. The van der Waals surface area contributed by atoms with Crippen molar-refractivity contribution in [3.8, 4) is 0 Å². The number of rotatable bonds is 8. The molecule has 0 radical (unpaired) electrons. The van der Waals surface area contributed by atoms with Crippen LogP contribution in [0.15, 0.2) is 12.2 Å². The third-order valence-electron chi connectivity index (χ3n) is 2.80. The third-order valence-corrected chi connectivity index (χ3v) is 2.80. The zero-order valence-electron chi connectivity index (χ0n) is 12.9. The van der Waals surface area contributed by atoms with Crippen LogP contribution in [0.5, 0.6) is 0 Å². The average Bonchev–Trinajstić information content (AvgIpc) is 2.92. The topological polar surface area (TPSA) is 71.1 Å². The first-order valence-corrected chi connectivity index (χ1v) is 7.39. The van der Waals surface area contributed by atoms with Crippen molar-refractivity contribution in [2.24, 2.45) is 0 Å². The summed E-state index contributed by atoms with van der Waals surface area (Å²) in [6.07, 6.45) is 3.44. The van der Waals surface area contributed by atoms with Crippen LogP contribution in [0.4, 0.5) is 0 Å². The van der Waals surface area contributed by atoms with Gasteiger partial charge in [-0.25, -0.2) is 9.59 Å². The summed E-state index contributed by atoms with van der Waals surface area (Å²) in [7, 11) is -0.639. The summed E-state index contributed by atoms with van der Waals surface area (Å²) < 4.78 is 21.1. The monoisotopic (exact) mass is 298 g/mol. The van der Waals surface area contributed by atoms with Crippen molar-refractivity contribution in [2.45, 2.75) is 52.1 Å². The Bertz CT molecular complexity index is 342. The van der Waals surface area contributed by atoms with Gasteiger partial charge in [0.05, 0.1) is 13.2 Å². The van der Waals surface area contributed by atoms with Gasteiger partial charge in [0.25, 0.3) is 0 Å². The van der Waals surface area contributed by atoms with Gasteiger partial charge in [0.1, 0.15) is 0 Å². The van der Waals surface area contributed by atoms with Gasteiger partial charge in [-0.05, 0) is 19.8 Å². The smallest absolute Gasteiger partial charge is 0.462 e. The summed E-state index contributed by atoms with van der Waals surface area (Å²) in [4.78, 5) is 23.9. The Morgan fingerprint density at radius 1 is 1.05 bits per heavy atom. The molecule has 0 aromatic heterocycles. The second-order valence-electron chi connectivity index (χ2n) is 4.68. The zero-order valence-corrected chi connectivity index (χ0v) is 12.9. The van der Waals surface area contributed by atoms with Crippen LogP contribution in [0, 0.1) is 0 Å². The van der Waals surface area contributed by atoms with Gasteiger partial charge >= 0.3 is 19.1 Å². The fourth-order valence-corrected chi connectivity index (χ4v) is 1.79. The Hall–Kier alpha value is -1.34. The van der Waals surface area contributed by atoms with Gasteiger partial charge in [0.2, 0.25) is 0 Å². The molecule has 118 valence electrons. The van der Waals surface area contributed by atoms with Crippen LogP contribution in [0.25, 0.3) is 0 Å². The molecular formula is C14H23BO6. The standard InChI is InChI=1S/C14H23BO6/c1-4-7-8-15-20-11(13(16)18-9-5-2)12(21-15)14(17)19-10-6-3/h4,7,11-12H,5-6,8-10H2,1-3H3/b7-4-/t11-,12-/m1/s1. The Labute approximate surface area is 125 Å². The van der Waals surface area contributed by atoms with E-state index in [0.29, 0.717) is 19.2 Å². The molecule has 0 aromatic rings. The van der Waals surface area contributed by atoms with Gasteiger partial charge in [0, 0.05) is 6.32 Å². The summed E-state index contributed by atoms with van der Waals surface area (Å²) in [5.74, 6) is -1.17. The van der Waals surface area contributed by atoms with Crippen molar-refractivity contribution >= 4 is 19.1 Å². The maximum atomic E-state index is 12.0. The molecule has 21 heavy (non-hydrogen) atoms. The summed E-state index contributed by atoms with van der Waals surface area (Å²) in [6.45, 7) is 6.22. The van der Waals surface area contributed by atoms with E-state index in [4.69, 9.17) is 18.8 Å². The van der Waals surface area contributed by atoms with Crippen molar-refractivity contribution in [1.29, 1.82) is 0 Å². The molecule has 6 nitrogen and oxygen atoms in total. The normalized spacial score (nSPS) is 21.8. The van der Waals surface area contributed by atoms with Crippen molar-refractivity contribution in [2.75, 3.05) is 13.2 Å². The van der Waals surface area contributed by atoms with E-state index in [9.17, 15) is 9.59 Å². The van der Waals surface area contributed by atoms with Crippen molar-refractivity contribution in [3.05, 3.63) is 12.2 Å². The number of carbonyl (C=O) groups excluding carboxylic acids is 2. The second kappa shape index (κ2) is 9.57. The largest absolute Gasteiger partial charge is 0.464 e. The highest BCUT2D eigenvalue weighted by Gasteiger charge is 2.48. The van der Waals surface area contributed by atoms with Crippen LogP contribution < -0.4 is 0 Å². The van der Waals surface area contributed by atoms with Gasteiger partial charge in [0.15, 0.2) is 12.2 Å². The highest BCUT2D eigenvalue weighted by atomic mass is 16.7. The fraction of sp³-hybridized carbons (Fsp3) is 0.714. The summed E-state index contributed by atoms with van der Waals surface area (Å²) >= 11 is 0. The highest BCUT2D eigenvalue weighted by molar-refractivity contribution is 6.46. The SMILES string of the molecule is C/C=C\CB1O[C@@H](C(=O)OCCC)[C@H](C(=O)OCCC)O1. The van der Waals surface area contributed by atoms with Gasteiger partial charge in [-0.15, -0.1) is 0 Å². The molecule has 1 heterocycles. The molecule has 0 amide bonds. The maximum absolute atomic E-state index is 12.0. The maximum Gasteiger partial charge on any atom is 0.462 e. The highest BCUT2D eigenvalue weighted by Crippen LogP contribution is 2.22. The molecule has 0 aliphatic carbocycles.